The fraction of sp³-hybridized carbons (Fsp3) is 0.462. The number of nitrogens with one attached hydrogen (secondary N) is 1. The normalized spacial score (nSPS) is 12.3. The van der Waals surface area contributed by atoms with Crippen LogP contribution >= 0.6 is 0 Å². The zero-order chi connectivity index (χ0) is 16.2. The smallest absolute Gasteiger partial charge is 0.308 e. The molecule has 0 heterocycles. The minimum Gasteiger partial charge on any atom is -0.349 e. The molecule has 21 heavy (non-hydrogen) atoms. The van der Waals surface area contributed by atoms with E-state index in [4.69, 9.17) is 0 Å². The Morgan fingerprint density at radius 1 is 1.43 bits per heavy atom. The second-order valence-corrected chi connectivity index (χ2v) is 5.01. The summed E-state index contributed by atoms with van der Waals surface area (Å²) in [6.45, 7) is 2.42. The molecule has 6 nitrogen and oxygen atoms in total. The summed E-state index contributed by atoms with van der Waals surface area (Å²) in [6.07, 6.45) is 0.609. The topological polar surface area (TPSA) is 75.5 Å². The SMILES string of the molecule is CC(CCN(C)C)NC(=O)c1cc(F)cc([N+](=O)[O-])c1F. The number of hydrogen-bond donors (Lipinski definition) is 1. The van der Waals surface area contributed by atoms with Crippen LogP contribution in [0.5, 0.6) is 0 Å². The molecule has 1 amide bonds. The quantitative estimate of drug-likeness (QED) is 0.643. The van der Waals surface area contributed by atoms with Crippen LogP contribution in [0.15, 0.2) is 12.1 Å². The summed E-state index contributed by atoms with van der Waals surface area (Å²) >= 11 is 0. The number of carbonyl (C=O) groups excluding carboxylic acids is 1. The van der Waals surface area contributed by atoms with E-state index in [9.17, 15) is 23.7 Å². The van der Waals surface area contributed by atoms with E-state index >= 15 is 0 Å². The number of amides is 1. The molecule has 0 saturated carbocycles. The molecule has 1 aromatic rings. The first-order valence-corrected chi connectivity index (χ1v) is 6.31. The molecule has 1 aromatic carbocycles. The average Bonchev–Trinajstić information content (AvgIpc) is 2.38. The monoisotopic (exact) mass is 301 g/mol. The van der Waals surface area contributed by atoms with Gasteiger partial charge in [-0.25, -0.2) is 4.39 Å². The molecule has 1 rings (SSSR count). The largest absolute Gasteiger partial charge is 0.349 e. The summed E-state index contributed by atoms with van der Waals surface area (Å²) in [6, 6.07) is 0.819. The Hall–Kier alpha value is -2.09. The highest BCUT2D eigenvalue weighted by atomic mass is 19.1. The highest BCUT2D eigenvalue weighted by molar-refractivity contribution is 5.95. The van der Waals surface area contributed by atoms with Crippen LogP contribution in [0.4, 0.5) is 14.5 Å². The Labute approximate surface area is 120 Å². The van der Waals surface area contributed by atoms with Crippen molar-refractivity contribution in [3.05, 3.63) is 39.4 Å². The van der Waals surface area contributed by atoms with E-state index in [-0.39, 0.29) is 6.04 Å². The number of hydrogen-bond acceptors (Lipinski definition) is 4. The lowest BCUT2D eigenvalue weighted by Gasteiger charge is -2.16. The van der Waals surface area contributed by atoms with Gasteiger partial charge in [-0.1, -0.05) is 0 Å². The van der Waals surface area contributed by atoms with Gasteiger partial charge in [-0.15, -0.1) is 0 Å². The van der Waals surface area contributed by atoms with Crippen molar-refractivity contribution in [3.63, 3.8) is 0 Å². The molecule has 0 spiro atoms. The van der Waals surface area contributed by atoms with Crippen molar-refractivity contribution in [1.82, 2.24) is 10.2 Å². The molecule has 0 saturated heterocycles. The standard InChI is InChI=1S/C13H17F2N3O3/c1-8(4-5-17(2)3)16-13(19)10-6-9(14)7-11(12(10)15)18(20)21/h6-8H,4-5H2,1-3H3,(H,16,19). The molecule has 1 atom stereocenters. The van der Waals surface area contributed by atoms with Crippen LogP contribution in [-0.2, 0) is 0 Å². The third-order valence-electron chi connectivity index (χ3n) is 2.85. The Morgan fingerprint density at radius 2 is 2.05 bits per heavy atom. The van der Waals surface area contributed by atoms with E-state index in [1.54, 1.807) is 6.92 Å². The summed E-state index contributed by atoms with van der Waals surface area (Å²) in [5.74, 6) is -3.24. The van der Waals surface area contributed by atoms with E-state index in [1.165, 1.54) is 0 Å². The second kappa shape index (κ2) is 7.07. The van der Waals surface area contributed by atoms with Crippen LogP contribution in [0.3, 0.4) is 0 Å². The summed E-state index contributed by atoms with van der Waals surface area (Å²) in [5.41, 5.74) is -1.72. The molecule has 1 N–H and O–H groups in total. The third kappa shape index (κ3) is 4.75. The molecule has 0 aliphatic rings. The van der Waals surface area contributed by atoms with Gasteiger partial charge in [0.15, 0.2) is 0 Å². The van der Waals surface area contributed by atoms with Crippen molar-refractivity contribution >= 4 is 11.6 Å². The lowest BCUT2D eigenvalue weighted by atomic mass is 10.1. The lowest BCUT2D eigenvalue weighted by Crippen LogP contribution is -2.35. The molecule has 0 aliphatic heterocycles. The van der Waals surface area contributed by atoms with Crippen LogP contribution in [0.2, 0.25) is 0 Å². The van der Waals surface area contributed by atoms with Crippen LogP contribution in [0, 0.1) is 21.7 Å². The predicted octanol–water partition coefficient (Wildman–Crippen LogP) is 1.94. The first-order chi connectivity index (χ1) is 9.72. The van der Waals surface area contributed by atoms with Crippen molar-refractivity contribution in [3.8, 4) is 0 Å². The molecular weight excluding hydrogens is 284 g/mol. The molecular formula is C13H17F2N3O3. The molecule has 116 valence electrons. The molecule has 8 heteroatoms. The number of carbonyl (C=O) groups is 1. The van der Waals surface area contributed by atoms with Gasteiger partial charge in [-0.05, 0) is 40.1 Å². The second-order valence-electron chi connectivity index (χ2n) is 5.01. The van der Waals surface area contributed by atoms with E-state index in [0.29, 0.717) is 25.1 Å². The van der Waals surface area contributed by atoms with Crippen molar-refractivity contribution in [2.45, 2.75) is 19.4 Å². The fourth-order valence-electron chi connectivity index (χ4n) is 1.70. The molecule has 0 fully saturated rings. The first-order valence-electron chi connectivity index (χ1n) is 6.31. The van der Waals surface area contributed by atoms with Gasteiger partial charge in [0, 0.05) is 6.04 Å². The van der Waals surface area contributed by atoms with Crippen LogP contribution in [0.25, 0.3) is 0 Å². The lowest BCUT2D eigenvalue weighted by molar-refractivity contribution is -0.387. The van der Waals surface area contributed by atoms with E-state index in [1.807, 2.05) is 19.0 Å². The van der Waals surface area contributed by atoms with Crippen LogP contribution < -0.4 is 5.32 Å². The molecule has 0 bridgehead atoms. The van der Waals surface area contributed by atoms with Gasteiger partial charge in [0.1, 0.15) is 5.82 Å². The summed E-state index contributed by atoms with van der Waals surface area (Å²) < 4.78 is 27.1. The molecule has 0 aromatic heterocycles. The number of nitro benzene ring substituents is 1. The summed E-state index contributed by atoms with van der Waals surface area (Å²) in [4.78, 5) is 23.4. The minimum absolute atomic E-state index is 0.276. The van der Waals surface area contributed by atoms with Crippen molar-refractivity contribution in [2.75, 3.05) is 20.6 Å². The maximum Gasteiger partial charge on any atom is 0.308 e. The number of nitrogens with zero attached hydrogens (tertiary/aromatic N) is 2. The number of halogens is 2. The predicted molar refractivity (Wildman–Crippen MR) is 73.1 cm³/mol. The van der Waals surface area contributed by atoms with Gasteiger partial charge < -0.3 is 10.2 Å². The third-order valence-corrected chi connectivity index (χ3v) is 2.85. The Bertz CT molecular complexity index is 550. The van der Waals surface area contributed by atoms with Gasteiger partial charge in [0.05, 0.1) is 16.6 Å². The van der Waals surface area contributed by atoms with Gasteiger partial charge in [-0.2, -0.15) is 4.39 Å². The van der Waals surface area contributed by atoms with Crippen molar-refractivity contribution in [1.29, 1.82) is 0 Å². The maximum absolute atomic E-state index is 13.8. The highest BCUT2D eigenvalue weighted by Crippen LogP contribution is 2.22. The van der Waals surface area contributed by atoms with Crippen molar-refractivity contribution in [2.24, 2.45) is 0 Å². The zero-order valence-corrected chi connectivity index (χ0v) is 12.0. The summed E-state index contributed by atoms with van der Waals surface area (Å²) in [7, 11) is 3.73. The average molecular weight is 301 g/mol. The van der Waals surface area contributed by atoms with E-state index in [0.717, 1.165) is 0 Å². The van der Waals surface area contributed by atoms with E-state index in [2.05, 4.69) is 5.32 Å². The van der Waals surface area contributed by atoms with Gasteiger partial charge in [0.2, 0.25) is 5.82 Å². The Kier molecular flexibility index (Phi) is 5.71. The minimum atomic E-state index is -1.33. The zero-order valence-electron chi connectivity index (χ0n) is 12.0. The fourth-order valence-corrected chi connectivity index (χ4v) is 1.70. The molecule has 0 aliphatic carbocycles. The number of rotatable bonds is 6. The number of nitro groups is 1. The van der Waals surface area contributed by atoms with Crippen LogP contribution in [-0.4, -0.2) is 42.4 Å². The maximum atomic E-state index is 13.8. The summed E-state index contributed by atoms with van der Waals surface area (Å²) in [5, 5.41) is 13.1. The first kappa shape index (κ1) is 17.0. The Balaban J connectivity index is 2.90. The van der Waals surface area contributed by atoms with Gasteiger partial charge in [0.25, 0.3) is 5.91 Å². The highest BCUT2D eigenvalue weighted by Gasteiger charge is 2.24. The van der Waals surface area contributed by atoms with Crippen molar-refractivity contribution < 1.29 is 18.5 Å². The van der Waals surface area contributed by atoms with Gasteiger partial charge >= 0.3 is 5.69 Å². The molecule has 0 radical (unpaired) electrons. The van der Waals surface area contributed by atoms with Gasteiger partial charge in [-0.3, -0.25) is 14.9 Å². The molecule has 1 unspecified atom stereocenters. The van der Waals surface area contributed by atoms with Crippen LogP contribution in [0.1, 0.15) is 23.7 Å². The number of benzene rings is 1. The Morgan fingerprint density at radius 3 is 2.57 bits per heavy atom. The van der Waals surface area contributed by atoms with E-state index < -0.39 is 33.7 Å².